The van der Waals surface area contributed by atoms with E-state index in [0.717, 1.165) is 12.0 Å². The van der Waals surface area contributed by atoms with Gasteiger partial charge in [-0.25, -0.2) is 0 Å². The van der Waals surface area contributed by atoms with Crippen molar-refractivity contribution < 1.29 is 4.79 Å². The van der Waals surface area contributed by atoms with Crippen molar-refractivity contribution in [1.29, 1.82) is 0 Å². The van der Waals surface area contributed by atoms with Gasteiger partial charge in [-0.3, -0.25) is 4.79 Å². The van der Waals surface area contributed by atoms with Gasteiger partial charge in [0.05, 0.1) is 5.92 Å². The Morgan fingerprint density at radius 3 is 2.55 bits per heavy atom. The molecule has 0 N–H and O–H groups in total. The molecule has 0 aromatic heterocycles. The summed E-state index contributed by atoms with van der Waals surface area (Å²) in [6.07, 6.45) is 8.27. The highest BCUT2D eigenvalue weighted by molar-refractivity contribution is 7.98. The molecule has 106 valence electrons. The van der Waals surface area contributed by atoms with Crippen LogP contribution in [0.15, 0.2) is 40.3 Å². The smallest absolute Gasteiger partial charge is 0.166 e. The van der Waals surface area contributed by atoms with Crippen molar-refractivity contribution in [3.05, 3.63) is 41.0 Å². The summed E-state index contributed by atoms with van der Waals surface area (Å²) >= 11 is 1.75. The van der Waals surface area contributed by atoms with Gasteiger partial charge in [0.1, 0.15) is 0 Å². The zero-order valence-electron chi connectivity index (χ0n) is 12.3. The van der Waals surface area contributed by atoms with E-state index < -0.39 is 0 Å². The van der Waals surface area contributed by atoms with Gasteiger partial charge in [-0.1, -0.05) is 30.5 Å². The lowest BCUT2D eigenvalue weighted by molar-refractivity contribution is -0.116. The third-order valence-electron chi connectivity index (χ3n) is 4.92. The second-order valence-corrected chi connectivity index (χ2v) is 6.85. The van der Waals surface area contributed by atoms with E-state index in [0.29, 0.717) is 11.7 Å². The third-order valence-corrected chi connectivity index (χ3v) is 5.66. The number of hydrogen-bond donors (Lipinski definition) is 0. The van der Waals surface area contributed by atoms with Crippen LogP contribution in [0.3, 0.4) is 0 Å². The highest BCUT2D eigenvalue weighted by Gasteiger charge is 2.40. The average molecular weight is 286 g/mol. The summed E-state index contributed by atoms with van der Waals surface area (Å²) < 4.78 is 0. The summed E-state index contributed by atoms with van der Waals surface area (Å²) in [6, 6.07) is 8.62. The van der Waals surface area contributed by atoms with Crippen molar-refractivity contribution in [3.8, 4) is 0 Å². The van der Waals surface area contributed by atoms with E-state index >= 15 is 0 Å². The van der Waals surface area contributed by atoms with Crippen molar-refractivity contribution in [2.45, 2.75) is 49.8 Å². The Kier molecular flexibility index (Phi) is 4.02. The molecular formula is C18H22OS. The summed E-state index contributed by atoms with van der Waals surface area (Å²) in [6.45, 7) is 2.05. The normalized spacial score (nSPS) is 26.6. The van der Waals surface area contributed by atoms with Gasteiger partial charge in [-0.2, -0.15) is 0 Å². The average Bonchev–Trinajstić information content (AvgIpc) is 2.66. The van der Waals surface area contributed by atoms with E-state index in [1.807, 2.05) is 6.92 Å². The molecule has 2 atom stereocenters. The van der Waals surface area contributed by atoms with Crippen LogP contribution in [0.5, 0.6) is 0 Å². The molecule has 3 rings (SSSR count). The molecule has 0 spiro atoms. The number of thioether (sulfide) groups is 1. The monoisotopic (exact) mass is 286 g/mol. The topological polar surface area (TPSA) is 17.1 Å². The molecule has 0 unspecified atom stereocenters. The molecule has 0 aliphatic heterocycles. The number of fused-ring (bicyclic) bond motifs is 1. The largest absolute Gasteiger partial charge is 0.294 e. The summed E-state index contributed by atoms with van der Waals surface area (Å²) in [5, 5.41) is 0. The number of rotatable bonds is 2. The van der Waals surface area contributed by atoms with Crippen LogP contribution in [0.2, 0.25) is 0 Å². The zero-order valence-corrected chi connectivity index (χ0v) is 13.1. The van der Waals surface area contributed by atoms with Crippen LogP contribution in [0.25, 0.3) is 0 Å². The minimum atomic E-state index is 0.0963. The Bertz CT molecular complexity index is 541. The first-order valence-electron chi connectivity index (χ1n) is 7.60. The van der Waals surface area contributed by atoms with Crippen molar-refractivity contribution in [1.82, 2.24) is 0 Å². The van der Waals surface area contributed by atoms with Gasteiger partial charge >= 0.3 is 0 Å². The molecule has 1 saturated carbocycles. The minimum Gasteiger partial charge on any atom is -0.294 e. The summed E-state index contributed by atoms with van der Waals surface area (Å²) in [4.78, 5) is 13.9. The summed E-state index contributed by atoms with van der Waals surface area (Å²) in [5.74, 6) is 0.952. The third kappa shape index (κ3) is 2.35. The van der Waals surface area contributed by atoms with Gasteiger partial charge in [0, 0.05) is 4.90 Å². The molecule has 0 amide bonds. The number of benzene rings is 1. The van der Waals surface area contributed by atoms with Gasteiger partial charge in [0.15, 0.2) is 5.78 Å². The van der Waals surface area contributed by atoms with Crippen LogP contribution in [0.4, 0.5) is 0 Å². The second kappa shape index (κ2) is 5.77. The fourth-order valence-electron chi connectivity index (χ4n) is 3.82. The zero-order chi connectivity index (χ0) is 14.1. The van der Waals surface area contributed by atoms with E-state index in [-0.39, 0.29) is 5.92 Å². The molecule has 20 heavy (non-hydrogen) atoms. The Balaban J connectivity index is 1.94. The van der Waals surface area contributed by atoms with Crippen LogP contribution in [-0.2, 0) is 4.79 Å². The molecule has 0 heterocycles. The highest BCUT2D eigenvalue weighted by Crippen LogP contribution is 2.47. The van der Waals surface area contributed by atoms with Crippen LogP contribution in [0, 0.1) is 5.92 Å². The van der Waals surface area contributed by atoms with Gasteiger partial charge in [0.2, 0.25) is 0 Å². The minimum absolute atomic E-state index is 0.0963. The number of ketones is 1. The number of hydrogen-bond acceptors (Lipinski definition) is 2. The van der Waals surface area contributed by atoms with Gasteiger partial charge in [0.25, 0.3) is 0 Å². The molecule has 2 heteroatoms. The van der Waals surface area contributed by atoms with Crippen molar-refractivity contribution in [2.75, 3.05) is 6.26 Å². The highest BCUT2D eigenvalue weighted by atomic mass is 32.2. The summed E-state index contributed by atoms with van der Waals surface area (Å²) in [7, 11) is 0. The van der Waals surface area contributed by atoms with Gasteiger partial charge < -0.3 is 0 Å². The Morgan fingerprint density at radius 1 is 1.10 bits per heavy atom. The van der Waals surface area contributed by atoms with E-state index in [9.17, 15) is 4.79 Å². The van der Waals surface area contributed by atoms with Crippen molar-refractivity contribution in [2.24, 2.45) is 5.92 Å². The lowest BCUT2D eigenvalue weighted by Gasteiger charge is -2.20. The predicted molar refractivity (Wildman–Crippen MR) is 85.2 cm³/mol. The quantitative estimate of drug-likeness (QED) is 0.714. The molecule has 2 aliphatic carbocycles. The standard InChI is InChI=1S/C18H22OS/c1-12-15-6-4-3-5-7-16(15)17(18(12)19)13-8-10-14(20-2)11-9-13/h8-11,16-17H,3-7H2,1-2H3/t16-,17+/m0/s1. The fraction of sp³-hybridized carbons (Fsp3) is 0.500. The SMILES string of the molecule is CSc1ccc([C@H]2C(=O)C(C)=C3CCCCC[C@@H]32)cc1. The van der Waals surface area contributed by atoms with Crippen LogP contribution in [0.1, 0.15) is 50.5 Å². The molecule has 1 nitrogen and oxygen atoms in total. The Hall–Kier alpha value is -1.02. The first-order chi connectivity index (χ1) is 9.72. The van der Waals surface area contributed by atoms with Crippen molar-refractivity contribution >= 4 is 17.5 Å². The first kappa shape index (κ1) is 13.9. The summed E-state index contributed by atoms with van der Waals surface area (Å²) in [5.41, 5.74) is 3.75. The first-order valence-corrected chi connectivity index (χ1v) is 8.82. The van der Waals surface area contributed by atoms with E-state index in [1.165, 1.54) is 41.7 Å². The number of carbonyl (C=O) groups is 1. The van der Waals surface area contributed by atoms with Crippen LogP contribution < -0.4 is 0 Å². The van der Waals surface area contributed by atoms with E-state index in [4.69, 9.17) is 0 Å². The maximum absolute atomic E-state index is 12.7. The molecule has 0 bridgehead atoms. The van der Waals surface area contributed by atoms with Crippen LogP contribution >= 0.6 is 11.8 Å². The number of allylic oxidation sites excluding steroid dienone is 2. The molecular weight excluding hydrogens is 264 g/mol. The van der Waals surface area contributed by atoms with E-state index in [2.05, 4.69) is 30.5 Å². The number of Topliss-reactive ketones (excluding diaryl/α,β-unsaturated/α-hetero) is 1. The molecule has 1 fully saturated rings. The fourth-order valence-corrected chi connectivity index (χ4v) is 4.23. The Labute approximate surface area is 125 Å². The van der Waals surface area contributed by atoms with Crippen molar-refractivity contribution in [3.63, 3.8) is 0 Å². The molecule has 0 radical (unpaired) electrons. The Morgan fingerprint density at radius 2 is 1.85 bits per heavy atom. The number of carbonyl (C=O) groups excluding carboxylic acids is 1. The molecule has 0 saturated heterocycles. The molecule has 2 aliphatic rings. The van der Waals surface area contributed by atoms with Gasteiger partial charge in [-0.05, 0) is 61.6 Å². The maximum atomic E-state index is 12.7. The molecule has 1 aromatic carbocycles. The predicted octanol–water partition coefficient (Wildman–Crippen LogP) is 4.97. The molecule has 1 aromatic rings. The lowest BCUT2D eigenvalue weighted by Crippen LogP contribution is -2.15. The lowest BCUT2D eigenvalue weighted by atomic mass is 9.82. The van der Waals surface area contributed by atoms with Gasteiger partial charge in [-0.15, -0.1) is 11.8 Å². The second-order valence-electron chi connectivity index (χ2n) is 5.97. The van der Waals surface area contributed by atoms with Crippen LogP contribution in [-0.4, -0.2) is 12.0 Å². The van der Waals surface area contributed by atoms with E-state index in [1.54, 1.807) is 11.8 Å². The maximum Gasteiger partial charge on any atom is 0.166 e.